The minimum Gasteiger partial charge on any atom is -0.491 e. The van der Waals surface area contributed by atoms with Crippen LogP contribution in [-0.2, 0) is 0 Å². The molecule has 1 aromatic carbocycles. The molecule has 0 aliphatic rings. The van der Waals surface area contributed by atoms with E-state index in [1.165, 1.54) is 0 Å². The number of anilines is 2. The average molecular weight is 266 g/mol. The standard InChI is InChI=1S/C15H26N2O2/c1-5-15(4,6-7-18)17-13-8-12(16)9-14(10-13)19-11(2)3/h8-11,17-18H,5-7,16H2,1-4H3. The van der Waals surface area contributed by atoms with Crippen molar-refractivity contribution in [1.29, 1.82) is 0 Å². The van der Waals surface area contributed by atoms with Crippen LogP contribution in [0.1, 0.15) is 40.5 Å². The van der Waals surface area contributed by atoms with Crippen molar-refractivity contribution < 1.29 is 9.84 Å². The molecule has 0 spiro atoms. The van der Waals surface area contributed by atoms with Crippen LogP contribution in [0.5, 0.6) is 5.75 Å². The molecule has 4 heteroatoms. The van der Waals surface area contributed by atoms with Gasteiger partial charge in [-0.25, -0.2) is 0 Å². The molecule has 1 rings (SSSR count). The summed E-state index contributed by atoms with van der Waals surface area (Å²) in [6.07, 6.45) is 1.73. The van der Waals surface area contributed by atoms with E-state index in [0.29, 0.717) is 12.1 Å². The Bertz CT molecular complexity index is 407. The second-order valence-corrected chi connectivity index (χ2v) is 5.47. The highest BCUT2D eigenvalue weighted by atomic mass is 16.5. The summed E-state index contributed by atoms with van der Waals surface area (Å²) in [6, 6.07) is 5.65. The van der Waals surface area contributed by atoms with Crippen molar-refractivity contribution in [2.75, 3.05) is 17.7 Å². The number of nitrogen functional groups attached to an aromatic ring is 1. The first-order valence-electron chi connectivity index (χ1n) is 6.85. The van der Waals surface area contributed by atoms with E-state index in [0.717, 1.165) is 17.9 Å². The number of benzene rings is 1. The van der Waals surface area contributed by atoms with Gasteiger partial charge < -0.3 is 20.9 Å². The largest absolute Gasteiger partial charge is 0.491 e. The van der Waals surface area contributed by atoms with E-state index in [2.05, 4.69) is 19.2 Å². The highest BCUT2D eigenvalue weighted by Gasteiger charge is 2.21. The Labute approximate surface area is 116 Å². The van der Waals surface area contributed by atoms with Gasteiger partial charge in [0.2, 0.25) is 0 Å². The number of hydrogen-bond donors (Lipinski definition) is 3. The van der Waals surface area contributed by atoms with Crippen LogP contribution in [-0.4, -0.2) is 23.4 Å². The lowest BCUT2D eigenvalue weighted by atomic mass is 9.94. The summed E-state index contributed by atoms with van der Waals surface area (Å²) in [4.78, 5) is 0. The lowest BCUT2D eigenvalue weighted by Gasteiger charge is -2.30. The summed E-state index contributed by atoms with van der Waals surface area (Å²) in [6.45, 7) is 8.32. The number of nitrogens with one attached hydrogen (secondary N) is 1. The van der Waals surface area contributed by atoms with E-state index in [9.17, 15) is 0 Å². The van der Waals surface area contributed by atoms with Crippen LogP contribution < -0.4 is 15.8 Å². The van der Waals surface area contributed by atoms with Crippen molar-refractivity contribution in [1.82, 2.24) is 0 Å². The molecule has 0 saturated heterocycles. The molecule has 0 radical (unpaired) electrons. The van der Waals surface area contributed by atoms with Crippen LogP contribution in [0.2, 0.25) is 0 Å². The summed E-state index contributed by atoms with van der Waals surface area (Å²) in [5.74, 6) is 0.764. The Hall–Kier alpha value is -1.42. The van der Waals surface area contributed by atoms with Gasteiger partial charge in [-0.15, -0.1) is 0 Å². The molecule has 0 heterocycles. The Morgan fingerprint density at radius 1 is 1.37 bits per heavy atom. The molecular weight excluding hydrogens is 240 g/mol. The van der Waals surface area contributed by atoms with Crippen molar-refractivity contribution in [3.8, 4) is 5.75 Å². The number of aliphatic hydroxyl groups excluding tert-OH is 1. The Morgan fingerprint density at radius 3 is 2.58 bits per heavy atom. The molecule has 108 valence electrons. The predicted octanol–water partition coefficient (Wildman–Crippen LogP) is 3.02. The maximum Gasteiger partial charge on any atom is 0.123 e. The first-order chi connectivity index (χ1) is 8.88. The van der Waals surface area contributed by atoms with Crippen LogP contribution in [0.3, 0.4) is 0 Å². The second-order valence-electron chi connectivity index (χ2n) is 5.47. The van der Waals surface area contributed by atoms with Crippen molar-refractivity contribution >= 4 is 11.4 Å². The first kappa shape index (κ1) is 15.6. The minimum atomic E-state index is -0.141. The average Bonchev–Trinajstić information content (AvgIpc) is 2.27. The number of aliphatic hydroxyl groups is 1. The molecule has 4 N–H and O–H groups in total. The van der Waals surface area contributed by atoms with Crippen LogP contribution in [0.25, 0.3) is 0 Å². The maximum absolute atomic E-state index is 9.15. The number of rotatable bonds is 7. The number of ether oxygens (including phenoxy) is 1. The van der Waals surface area contributed by atoms with Crippen LogP contribution in [0, 0.1) is 0 Å². The van der Waals surface area contributed by atoms with Crippen LogP contribution in [0.15, 0.2) is 18.2 Å². The van der Waals surface area contributed by atoms with Gasteiger partial charge in [-0.05, 0) is 39.7 Å². The lowest BCUT2D eigenvalue weighted by Crippen LogP contribution is -2.35. The van der Waals surface area contributed by atoms with Gasteiger partial charge in [-0.2, -0.15) is 0 Å². The molecule has 0 aliphatic carbocycles. The fourth-order valence-electron chi connectivity index (χ4n) is 1.96. The molecule has 1 atom stereocenters. The van der Waals surface area contributed by atoms with E-state index in [4.69, 9.17) is 15.6 Å². The SMILES string of the molecule is CCC(C)(CCO)Nc1cc(N)cc(OC(C)C)c1. The molecule has 0 bridgehead atoms. The molecule has 0 aliphatic heterocycles. The predicted molar refractivity (Wildman–Crippen MR) is 80.6 cm³/mol. The molecule has 0 saturated carbocycles. The van der Waals surface area contributed by atoms with E-state index in [1.807, 2.05) is 32.0 Å². The van der Waals surface area contributed by atoms with Crippen molar-refractivity contribution in [3.63, 3.8) is 0 Å². The second kappa shape index (κ2) is 6.66. The molecule has 0 fully saturated rings. The van der Waals surface area contributed by atoms with Gasteiger partial charge in [0.15, 0.2) is 0 Å². The third-order valence-corrected chi connectivity index (χ3v) is 3.19. The summed E-state index contributed by atoms with van der Waals surface area (Å²) in [7, 11) is 0. The fourth-order valence-corrected chi connectivity index (χ4v) is 1.96. The fraction of sp³-hybridized carbons (Fsp3) is 0.600. The summed E-state index contributed by atoms with van der Waals surface area (Å²) >= 11 is 0. The summed E-state index contributed by atoms with van der Waals surface area (Å²) < 4.78 is 5.67. The highest BCUT2D eigenvalue weighted by molar-refractivity contribution is 5.60. The smallest absolute Gasteiger partial charge is 0.123 e. The van der Waals surface area contributed by atoms with Crippen molar-refractivity contribution in [2.45, 2.75) is 52.2 Å². The van der Waals surface area contributed by atoms with E-state index >= 15 is 0 Å². The molecule has 1 unspecified atom stereocenters. The third-order valence-electron chi connectivity index (χ3n) is 3.19. The minimum absolute atomic E-state index is 0.115. The van der Waals surface area contributed by atoms with Crippen molar-refractivity contribution in [3.05, 3.63) is 18.2 Å². The monoisotopic (exact) mass is 266 g/mol. The van der Waals surface area contributed by atoms with Gasteiger partial charge in [0, 0.05) is 35.7 Å². The Balaban J connectivity index is 2.90. The quantitative estimate of drug-likeness (QED) is 0.664. The summed E-state index contributed by atoms with van der Waals surface area (Å²) in [5.41, 5.74) is 7.35. The molecule has 0 amide bonds. The van der Waals surface area contributed by atoms with Crippen molar-refractivity contribution in [2.24, 2.45) is 0 Å². The molecule has 4 nitrogen and oxygen atoms in total. The van der Waals surface area contributed by atoms with Gasteiger partial charge >= 0.3 is 0 Å². The normalized spacial score (nSPS) is 14.2. The zero-order valence-electron chi connectivity index (χ0n) is 12.4. The third kappa shape index (κ3) is 4.99. The van der Waals surface area contributed by atoms with Crippen LogP contribution in [0.4, 0.5) is 11.4 Å². The van der Waals surface area contributed by atoms with Gasteiger partial charge in [0.25, 0.3) is 0 Å². The first-order valence-corrected chi connectivity index (χ1v) is 6.85. The van der Waals surface area contributed by atoms with Crippen LogP contribution >= 0.6 is 0 Å². The molecule has 0 aromatic heterocycles. The van der Waals surface area contributed by atoms with Gasteiger partial charge in [-0.1, -0.05) is 6.92 Å². The topological polar surface area (TPSA) is 67.5 Å². The zero-order valence-corrected chi connectivity index (χ0v) is 12.4. The molecule has 19 heavy (non-hydrogen) atoms. The Morgan fingerprint density at radius 2 is 2.05 bits per heavy atom. The number of hydrogen-bond acceptors (Lipinski definition) is 4. The summed E-state index contributed by atoms with van der Waals surface area (Å²) in [5, 5.41) is 12.6. The lowest BCUT2D eigenvalue weighted by molar-refractivity contribution is 0.242. The Kier molecular flexibility index (Phi) is 5.48. The molecular formula is C15H26N2O2. The van der Waals surface area contributed by atoms with Gasteiger partial charge in [-0.3, -0.25) is 0 Å². The van der Waals surface area contributed by atoms with Gasteiger partial charge in [0.1, 0.15) is 5.75 Å². The van der Waals surface area contributed by atoms with E-state index < -0.39 is 0 Å². The van der Waals surface area contributed by atoms with E-state index in [1.54, 1.807) is 0 Å². The number of nitrogens with two attached hydrogens (primary N) is 1. The maximum atomic E-state index is 9.15. The molecule has 1 aromatic rings. The highest BCUT2D eigenvalue weighted by Crippen LogP contribution is 2.28. The zero-order chi connectivity index (χ0) is 14.5. The van der Waals surface area contributed by atoms with E-state index in [-0.39, 0.29) is 18.2 Å². The van der Waals surface area contributed by atoms with Gasteiger partial charge in [0.05, 0.1) is 6.10 Å².